The van der Waals surface area contributed by atoms with Crippen LogP contribution in [0.1, 0.15) is 168 Å². The molecule has 8 nitrogen and oxygen atoms in total. The summed E-state index contributed by atoms with van der Waals surface area (Å²) < 4.78 is 23.1. The van der Waals surface area contributed by atoms with Crippen molar-refractivity contribution in [1.29, 1.82) is 0 Å². The van der Waals surface area contributed by atoms with Gasteiger partial charge in [0, 0.05) is 6.42 Å². The second-order valence-corrected chi connectivity index (χ2v) is 15.4. The van der Waals surface area contributed by atoms with Crippen LogP contribution in [0, 0.1) is 0 Å². The van der Waals surface area contributed by atoms with E-state index in [9.17, 15) is 19.4 Å². The highest BCUT2D eigenvalue weighted by molar-refractivity contribution is 7.45. The zero-order valence-corrected chi connectivity index (χ0v) is 30.5. The normalized spacial score (nSPS) is 14.8. The monoisotopic (exact) mass is 649 g/mol. The van der Waals surface area contributed by atoms with Crippen molar-refractivity contribution >= 4 is 13.7 Å². The molecule has 2 N–H and O–H groups in total. The summed E-state index contributed by atoms with van der Waals surface area (Å²) in [5, 5.41) is 13.8. The van der Waals surface area contributed by atoms with E-state index in [2.05, 4.69) is 19.2 Å². The number of aliphatic hydroxyl groups is 1. The first-order valence-corrected chi connectivity index (χ1v) is 19.8. The number of phosphoric ester groups is 1. The summed E-state index contributed by atoms with van der Waals surface area (Å²) in [6.45, 7) is 4.68. The number of nitrogens with one attached hydrogen (secondary N) is 1. The van der Waals surface area contributed by atoms with Gasteiger partial charge in [-0.1, -0.05) is 149 Å². The summed E-state index contributed by atoms with van der Waals surface area (Å²) in [6, 6.07) is -0.789. The Balaban J connectivity index is 4.44. The number of carbonyl (C=O) groups excluding carboxylic acids is 1. The lowest BCUT2D eigenvalue weighted by Gasteiger charge is -2.30. The average molecular weight is 649 g/mol. The smallest absolute Gasteiger partial charge is 0.268 e. The molecule has 0 aromatic heterocycles. The van der Waals surface area contributed by atoms with E-state index in [0.29, 0.717) is 23.9 Å². The average Bonchev–Trinajstić information content (AvgIpc) is 2.95. The molecule has 1 amide bonds. The summed E-state index contributed by atoms with van der Waals surface area (Å²) in [7, 11) is 1.31. The molecule has 44 heavy (non-hydrogen) atoms. The highest BCUT2D eigenvalue weighted by Gasteiger charge is 2.24. The molecule has 0 aromatic rings. The van der Waals surface area contributed by atoms with Crippen molar-refractivity contribution in [2.24, 2.45) is 0 Å². The first kappa shape index (κ1) is 43.5. The molecule has 0 rings (SSSR count). The third-order valence-corrected chi connectivity index (χ3v) is 9.31. The number of quaternary nitrogens is 1. The second-order valence-electron chi connectivity index (χ2n) is 13.9. The quantitative estimate of drug-likeness (QED) is 0.0420. The van der Waals surface area contributed by atoms with Crippen LogP contribution in [0.4, 0.5) is 0 Å². The van der Waals surface area contributed by atoms with E-state index in [0.717, 1.165) is 38.5 Å². The van der Waals surface area contributed by atoms with E-state index in [1.807, 2.05) is 21.1 Å². The van der Waals surface area contributed by atoms with Gasteiger partial charge in [0.25, 0.3) is 7.82 Å². The van der Waals surface area contributed by atoms with Crippen LogP contribution in [0.3, 0.4) is 0 Å². The summed E-state index contributed by atoms with van der Waals surface area (Å²) in [4.78, 5) is 25.1. The number of nitrogens with zero attached hydrogens (tertiary/aromatic N) is 1. The summed E-state index contributed by atoms with van der Waals surface area (Å²) in [6.07, 6.45) is 26.7. The zero-order valence-electron chi connectivity index (χ0n) is 29.6. The maximum Gasteiger partial charge on any atom is 0.268 e. The molecule has 0 saturated heterocycles. The van der Waals surface area contributed by atoms with Crippen LogP contribution in [-0.4, -0.2) is 68.5 Å². The number of amides is 1. The van der Waals surface area contributed by atoms with Crippen molar-refractivity contribution < 1.29 is 32.9 Å². The van der Waals surface area contributed by atoms with Crippen molar-refractivity contribution in [3.8, 4) is 0 Å². The summed E-state index contributed by atoms with van der Waals surface area (Å²) in [5.74, 6) is -0.167. The largest absolute Gasteiger partial charge is 0.756 e. The van der Waals surface area contributed by atoms with Crippen LogP contribution in [0.5, 0.6) is 0 Å². The fourth-order valence-corrected chi connectivity index (χ4v) is 6.05. The Morgan fingerprint density at radius 3 is 1.55 bits per heavy atom. The topological polar surface area (TPSA) is 108 Å². The van der Waals surface area contributed by atoms with Gasteiger partial charge >= 0.3 is 0 Å². The Morgan fingerprint density at radius 1 is 0.705 bits per heavy atom. The molecule has 0 aliphatic carbocycles. The molecule has 0 bridgehead atoms. The van der Waals surface area contributed by atoms with Crippen molar-refractivity contribution in [3.05, 3.63) is 0 Å². The SMILES string of the molecule is CCCCCCCCCCCCCCCC(=O)N[C@@H](COP(=O)([O-])OCC[N+](C)(C)C)[C@H](O)CCCCCCCCCCC. The number of likely N-dealkylation sites (N-methyl/N-ethyl adjacent to an activating group) is 1. The van der Waals surface area contributed by atoms with Gasteiger partial charge in [0.2, 0.25) is 5.91 Å². The number of hydrogen-bond acceptors (Lipinski definition) is 6. The number of phosphoric acid groups is 1. The number of unbranched alkanes of at least 4 members (excludes halogenated alkanes) is 20. The fourth-order valence-electron chi connectivity index (χ4n) is 5.33. The number of aliphatic hydroxyl groups excluding tert-OH is 1. The van der Waals surface area contributed by atoms with Crippen LogP contribution >= 0.6 is 7.82 Å². The highest BCUT2D eigenvalue weighted by Crippen LogP contribution is 2.38. The van der Waals surface area contributed by atoms with E-state index in [1.165, 1.54) is 103 Å². The molecule has 9 heteroatoms. The third kappa shape index (κ3) is 30.2. The standard InChI is InChI=1S/C35H73N2O6P/c1-6-8-10-12-14-16-17-18-19-21-23-25-27-29-35(39)36-33(32-43-44(40,41)42-31-30-37(3,4)5)34(38)28-26-24-22-20-15-13-11-9-7-2/h33-34,38H,6-32H2,1-5H3,(H-,36,39,40,41)/t33-,34+/m0/s1. The van der Waals surface area contributed by atoms with E-state index in [-0.39, 0.29) is 19.1 Å². The van der Waals surface area contributed by atoms with Gasteiger partial charge < -0.3 is 28.8 Å². The van der Waals surface area contributed by atoms with Crippen molar-refractivity contribution in [3.63, 3.8) is 0 Å². The molecule has 0 fully saturated rings. The zero-order chi connectivity index (χ0) is 32.9. The first-order valence-electron chi connectivity index (χ1n) is 18.4. The minimum Gasteiger partial charge on any atom is -0.756 e. The fraction of sp³-hybridized carbons (Fsp3) is 0.971. The predicted molar refractivity (Wildman–Crippen MR) is 183 cm³/mol. The van der Waals surface area contributed by atoms with E-state index >= 15 is 0 Å². The second kappa shape index (κ2) is 28.7. The molecular formula is C35H73N2O6P. The minimum atomic E-state index is -4.54. The Morgan fingerprint density at radius 2 is 1.11 bits per heavy atom. The van der Waals surface area contributed by atoms with Crippen LogP contribution in [0.25, 0.3) is 0 Å². The molecule has 0 aromatic carbocycles. The molecule has 0 saturated carbocycles. The molecule has 0 aliphatic heterocycles. The predicted octanol–water partition coefficient (Wildman–Crippen LogP) is 8.44. The molecule has 3 atom stereocenters. The van der Waals surface area contributed by atoms with E-state index in [4.69, 9.17) is 9.05 Å². The molecule has 0 radical (unpaired) electrons. The minimum absolute atomic E-state index is 0.0152. The number of hydrogen-bond donors (Lipinski definition) is 2. The van der Waals surface area contributed by atoms with Crippen molar-refractivity contribution in [1.82, 2.24) is 5.32 Å². The highest BCUT2D eigenvalue weighted by atomic mass is 31.2. The summed E-state index contributed by atoms with van der Waals surface area (Å²) >= 11 is 0. The first-order chi connectivity index (χ1) is 21.0. The Labute approximate surface area is 272 Å². The van der Waals surface area contributed by atoms with Crippen LogP contribution < -0.4 is 10.2 Å². The Kier molecular flexibility index (Phi) is 28.4. The number of carbonyl (C=O) groups is 1. The number of rotatable bonds is 33. The molecular weight excluding hydrogens is 575 g/mol. The lowest BCUT2D eigenvalue weighted by atomic mass is 10.0. The van der Waals surface area contributed by atoms with Crippen LogP contribution in [0.2, 0.25) is 0 Å². The van der Waals surface area contributed by atoms with Crippen molar-refractivity contribution in [2.45, 2.75) is 180 Å². The molecule has 264 valence electrons. The van der Waals surface area contributed by atoms with Crippen LogP contribution in [-0.2, 0) is 18.4 Å². The summed E-state index contributed by atoms with van der Waals surface area (Å²) in [5.41, 5.74) is 0. The lowest BCUT2D eigenvalue weighted by Crippen LogP contribution is -2.46. The van der Waals surface area contributed by atoms with Gasteiger partial charge in [-0.25, -0.2) is 0 Å². The lowest BCUT2D eigenvalue weighted by molar-refractivity contribution is -0.870. The van der Waals surface area contributed by atoms with Gasteiger partial charge in [-0.3, -0.25) is 9.36 Å². The van der Waals surface area contributed by atoms with Gasteiger partial charge in [0.15, 0.2) is 0 Å². The molecule has 1 unspecified atom stereocenters. The molecule has 0 heterocycles. The van der Waals surface area contributed by atoms with Gasteiger partial charge in [0.05, 0.1) is 39.9 Å². The molecule has 0 aliphatic rings. The van der Waals surface area contributed by atoms with Crippen LogP contribution in [0.15, 0.2) is 0 Å². The van der Waals surface area contributed by atoms with Crippen molar-refractivity contribution in [2.75, 3.05) is 40.9 Å². The van der Waals surface area contributed by atoms with E-state index < -0.39 is 20.0 Å². The van der Waals surface area contributed by atoms with Gasteiger partial charge in [-0.05, 0) is 12.8 Å². The Hall–Kier alpha value is -0.500. The maximum atomic E-state index is 12.7. The van der Waals surface area contributed by atoms with Gasteiger partial charge in [0.1, 0.15) is 13.2 Å². The maximum absolute atomic E-state index is 12.7. The Bertz CT molecular complexity index is 703. The van der Waals surface area contributed by atoms with E-state index in [1.54, 1.807) is 0 Å². The molecule has 0 spiro atoms. The van der Waals surface area contributed by atoms with Gasteiger partial charge in [-0.2, -0.15) is 0 Å². The van der Waals surface area contributed by atoms with Gasteiger partial charge in [-0.15, -0.1) is 0 Å². The third-order valence-electron chi connectivity index (χ3n) is 8.35.